The van der Waals surface area contributed by atoms with Crippen LogP contribution in [0.15, 0.2) is 24.3 Å². The Bertz CT molecular complexity index is 1060. The molecule has 0 unspecified atom stereocenters. The van der Waals surface area contributed by atoms with Crippen molar-refractivity contribution in [3.05, 3.63) is 24.3 Å². The third kappa shape index (κ3) is 2.22. The Morgan fingerprint density at radius 3 is 1.12 bits per heavy atom. The predicted octanol–water partition coefficient (Wildman–Crippen LogP) is 2.76. The van der Waals surface area contributed by atoms with E-state index in [2.05, 4.69) is 19.9 Å². The van der Waals surface area contributed by atoms with E-state index in [4.69, 9.17) is 18.9 Å². The molecule has 0 aliphatic rings. The highest BCUT2D eigenvalue weighted by Gasteiger charge is 2.20. The van der Waals surface area contributed by atoms with E-state index in [0.717, 1.165) is 10.8 Å². The van der Waals surface area contributed by atoms with Crippen LogP contribution in [0.4, 0.5) is 0 Å². The molecule has 0 aliphatic heterocycles. The van der Waals surface area contributed by atoms with E-state index in [1.54, 1.807) is 0 Å². The van der Waals surface area contributed by atoms with Crippen LogP contribution in [-0.2, 0) is 0 Å². The van der Waals surface area contributed by atoms with Crippen molar-refractivity contribution >= 4 is 32.8 Å². The molecule has 0 saturated heterocycles. The monoisotopic (exact) mass is 352 g/mol. The summed E-state index contributed by atoms with van der Waals surface area (Å²) in [6.07, 6.45) is 0. The molecule has 0 aliphatic carbocycles. The summed E-state index contributed by atoms with van der Waals surface area (Å²) in [7, 11) is 6.07. The lowest BCUT2D eigenvalue weighted by atomic mass is 10.1. The fourth-order valence-corrected chi connectivity index (χ4v) is 2.94. The first-order valence-electron chi connectivity index (χ1n) is 7.82. The Balaban J connectivity index is 2.28. The summed E-state index contributed by atoms with van der Waals surface area (Å²) in [5, 5.41) is 1.76. The van der Waals surface area contributed by atoms with Crippen molar-refractivity contribution in [2.45, 2.75) is 0 Å². The fraction of sp³-hybridized carbons (Fsp3) is 0.222. The minimum absolute atomic E-state index is 0.271. The SMILES string of the molecule is COc1nc2c3ccccc3c3nc(OC)c(OC)nc3c2nc1OC. The van der Waals surface area contributed by atoms with Gasteiger partial charge in [0.1, 0.15) is 22.1 Å². The smallest absolute Gasteiger partial charge is 0.278 e. The van der Waals surface area contributed by atoms with Crippen LogP contribution in [0.25, 0.3) is 32.8 Å². The van der Waals surface area contributed by atoms with Crippen molar-refractivity contribution < 1.29 is 18.9 Å². The minimum atomic E-state index is 0.271. The van der Waals surface area contributed by atoms with Crippen LogP contribution in [0.3, 0.4) is 0 Å². The predicted molar refractivity (Wildman–Crippen MR) is 96.3 cm³/mol. The average molecular weight is 352 g/mol. The molecule has 8 heteroatoms. The number of hydrogen-bond acceptors (Lipinski definition) is 8. The molecule has 2 aromatic heterocycles. The number of benzene rings is 2. The van der Waals surface area contributed by atoms with E-state index in [9.17, 15) is 0 Å². The van der Waals surface area contributed by atoms with Crippen LogP contribution in [0.5, 0.6) is 23.5 Å². The third-order valence-electron chi connectivity index (χ3n) is 4.10. The largest absolute Gasteiger partial charge is 0.477 e. The van der Waals surface area contributed by atoms with Gasteiger partial charge in [0.25, 0.3) is 23.5 Å². The van der Waals surface area contributed by atoms with Crippen molar-refractivity contribution in [1.82, 2.24) is 19.9 Å². The number of hydrogen-bond donors (Lipinski definition) is 0. The lowest BCUT2D eigenvalue weighted by molar-refractivity contribution is 0.333. The number of aromatic nitrogens is 4. The second-order valence-corrected chi connectivity index (χ2v) is 5.42. The molecule has 4 rings (SSSR count). The summed E-state index contributed by atoms with van der Waals surface area (Å²) in [5.74, 6) is 1.15. The quantitative estimate of drug-likeness (QED) is 0.518. The third-order valence-corrected chi connectivity index (χ3v) is 4.10. The molecule has 0 N–H and O–H groups in total. The molecule has 2 aromatic carbocycles. The zero-order valence-corrected chi connectivity index (χ0v) is 14.7. The molecule has 0 atom stereocenters. The maximum atomic E-state index is 5.31. The summed E-state index contributed by atoms with van der Waals surface area (Å²) in [5.41, 5.74) is 2.38. The Hall–Kier alpha value is -3.42. The molecular formula is C18H16N4O4. The van der Waals surface area contributed by atoms with Crippen molar-refractivity contribution in [3.63, 3.8) is 0 Å². The standard InChI is InChI=1S/C18H16N4O4/c1-23-15-17(25-3)21-13-11(19-15)9-7-5-6-8-10(9)12-14(13)22-18(26-4)16(20-12)24-2/h5-8H,1-4H3. The molecule has 26 heavy (non-hydrogen) atoms. The first-order valence-corrected chi connectivity index (χ1v) is 7.82. The zero-order valence-electron chi connectivity index (χ0n) is 14.7. The van der Waals surface area contributed by atoms with Gasteiger partial charge in [-0.15, -0.1) is 0 Å². The maximum absolute atomic E-state index is 5.31. The summed E-state index contributed by atoms with van der Waals surface area (Å²) in [6, 6.07) is 7.77. The molecule has 0 amide bonds. The summed E-state index contributed by atoms with van der Waals surface area (Å²) in [6.45, 7) is 0. The van der Waals surface area contributed by atoms with Gasteiger partial charge in [0.05, 0.1) is 28.4 Å². The molecule has 132 valence electrons. The Morgan fingerprint density at radius 1 is 0.500 bits per heavy atom. The van der Waals surface area contributed by atoms with Crippen LogP contribution in [-0.4, -0.2) is 48.4 Å². The topological polar surface area (TPSA) is 88.5 Å². The fourth-order valence-electron chi connectivity index (χ4n) is 2.94. The molecular weight excluding hydrogens is 336 g/mol. The molecule has 0 radical (unpaired) electrons. The normalized spacial score (nSPS) is 11.1. The Labute approximate surface area is 148 Å². The van der Waals surface area contributed by atoms with Gasteiger partial charge in [0.2, 0.25) is 0 Å². The van der Waals surface area contributed by atoms with Crippen LogP contribution in [0, 0.1) is 0 Å². The zero-order chi connectivity index (χ0) is 18.3. The number of rotatable bonds is 4. The lowest BCUT2D eigenvalue weighted by Gasteiger charge is -2.13. The summed E-state index contributed by atoms with van der Waals surface area (Å²) < 4.78 is 21.2. The van der Waals surface area contributed by atoms with E-state index in [0.29, 0.717) is 33.8 Å². The van der Waals surface area contributed by atoms with Gasteiger partial charge in [0.15, 0.2) is 0 Å². The highest BCUT2D eigenvalue weighted by Crippen LogP contribution is 2.37. The number of ether oxygens (including phenoxy) is 4. The van der Waals surface area contributed by atoms with Gasteiger partial charge in [-0.25, -0.2) is 19.9 Å². The number of methoxy groups -OCH3 is 4. The lowest BCUT2D eigenvalue weighted by Crippen LogP contribution is -2.02. The van der Waals surface area contributed by atoms with Gasteiger partial charge < -0.3 is 18.9 Å². The van der Waals surface area contributed by atoms with Gasteiger partial charge in [0, 0.05) is 10.8 Å². The average Bonchev–Trinajstić information content (AvgIpc) is 2.71. The first-order chi connectivity index (χ1) is 12.7. The Morgan fingerprint density at radius 2 is 0.808 bits per heavy atom. The van der Waals surface area contributed by atoms with Crippen molar-refractivity contribution in [3.8, 4) is 23.5 Å². The van der Waals surface area contributed by atoms with Crippen molar-refractivity contribution in [2.75, 3.05) is 28.4 Å². The van der Waals surface area contributed by atoms with E-state index >= 15 is 0 Å². The second-order valence-electron chi connectivity index (χ2n) is 5.42. The molecule has 0 saturated carbocycles. The van der Waals surface area contributed by atoms with Gasteiger partial charge >= 0.3 is 0 Å². The molecule has 2 heterocycles. The van der Waals surface area contributed by atoms with Crippen LogP contribution < -0.4 is 18.9 Å². The highest BCUT2D eigenvalue weighted by molar-refractivity contribution is 6.20. The first kappa shape index (κ1) is 16.1. The van der Waals surface area contributed by atoms with Gasteiger partial charge in [-0.2, -0.15) is 0 Å². The minimum Gasteiger partial charge on any atom is -0.477 e. The van der Waals surface area contributed by atoms with Gasteiger partial charge in [-0.1, -0.05) is 24.3 Å². The van der Waals surface area contributed by atoms with Crippen molar-refractivity contribution in [2.24, 2.45) is 0 Å². The second kappa shape index (κ2) is 6.14. The Kier molecular flexibility index (Phi) is 3.80. The van der Waals surface area contributed by atoms with Crippen LogP contribution in [0.1, 0.15) is 0 Å². The molecule has 8 nitrogen and oxygen atoms in total. The van der Waals surface area contributed by atoms with Crippen molar-refractivity contribution in [1.29, 1.82) is 0 Å². The number of fused-ring (bicyclic) bond motifs is 6. The number of nitrogens with zero attached hydrogens (tertiary/aromatic N) is 4. The molecule has 0 spiro atoms. The van der Waals surface area contributed by atoms with Crippen LogP contribution >= 0.6 is 0 Å². The molecule has 4 aromatic rings. The molecule has 0 fully saturated rings. The van der Waals surface area contributed by atoms with E-state index in [-0.39, 0.29) is 11.8 Å². The molecule has 0 bridgehead atoms. The summed E-state index contributed by atoms with van der Waals surface area (Å²) >= 11 is 0. The highest BCUT2D eigenvalue weighted by atomic mass is 16.5. The van der Waals surface area contributed by atoms with Gasteiger partial charge in [-0.05, 0) is 0 Å². The summed E-state index contributed by atoms with van der Waals surface area (Å²) in [4.78, 5) is 18.3. The van der Waals surface area contributed by atoms with E-state index < -0.39 is 0 Å². The van der Waals surface area contributed by atoms with E-state index in [1.165, 1.54) is 28.4 Å². The van der Waals surface area contributed by atoms with E-state index in [1.807, 2.05) is 24.3 Å². The maximum Gasteiger partial charge on any atom is 0.278 e. The van der Waals surface area contributed by atoms with Gasteiger partial charge in [-0.3, -0.25) is 0 Å². The van der Waals surface area contributed by atoms with Crippen LogP contribution in [0.2, 0.25) is 0 Å².